The number of nitrogens with one attached hydrogen (secondary N) is 1. The monoisotopic (exact) mass is 574 g/mol. The molecular weight excluding hydrogens is 561 g/mol. The average molecular weight is 575 g/mol. The first-order valence-corrected chi connectivity index (χ1v) is 11.0. The van der Waals surface area contributed by atoms with Crippen molar-refractivity contribution in [3.05, 3.63) is 74.9 Å². The van der Waals surface area contributed by atoms with Crippen LogP contribution in [0.15, 0.2) is 41.0 Å². The van der Waals surface area contributed by atoms with Gasteiger partial charge in [0.2, 0.25) is 0 Å². The van der Waals surface area contributed by atoms with Crippen molar-refractivity contribution in [2.75, 3.05) is 5.32 Å². The molecule has 2 amide bonds. The molecule has 3 aromatic heterocycles. The minimum absolute atomic E-state index is 0.0789. The van der Waals surface area contributed by atoms with Crippen molar-refractivity contribution in [2.24, 2.45) is 5.73 Å². The fraction of sp³-hybridized carbons (Fsp3) is 0.143. The molecule has 0 fully saturated rings. The van der Waals surface area contributed by atoms with E-state index in [1.165, 1.54) is 29.1 Å². The molecule has 0 aliphatic heterocycles. The van der Waals surface area contributed by atoms with Crippen LogP contribution in [-0.2, 0) is 12.7 Å². The number of hydrogen-bond donors (Lipinski definition) is 2. The second-order valence-corrected chi connectivity index (χ2v) is 8.38. The first kappa shape index (κ1) is 25.4. The number of pyridine rings is 1. The van der Waals surface area contributed by atoms with Gasteiger partial charge in [0.1, 0.15) is 12.2 Å². The lowest BCUT2D eigenvalue weighted by atomic mass is 10.0. The zero-order valence-corrected chi connectivity index (χ0v) is 20.2. The molecule has 0 unspecified atom stereocenters. The van der Waals surface area contributed by atoms with E-state index in [1.54, 1.807) is 19.1 Å². The van der Waals surface area contributed by atoms with Crippen LogP contribution in [0.3, 0.4) is 0 Å². The zero-order valence-electron chi connectivity index (χ0n) is 18.7. The molecule has 0 aliphatic carbocycles. The molecule has 16 heteroatoms. The predicted molar refractivity (Wildman–Crippen MR) is 123 cm³/mol. The summed E-state index contributed by atoms with van der Waals surface area (Å²) in [4.78, 5) is 30.3. The van der Waals surface area contributed by atoms with E-state index in [0.29, 0.717) is 14.8 Å². The van der Waals surface area contributed by atoms with Crippen molar-refractivity contribution < 1.29 is 22.8 Å². The molecule has 0 saturated carbocycles. The number of primary amides is 1. The fourth-order valence-corrected chi connectivity index (χ4v) is 3.74. The average Bonchev–Trinajstić information content (AvgIpc) is 3.48. The number of anilines is 1. The number of hydrogen-bond acceptors (Lipinski definition) is 8. The van der Waals surface area contributed by atoms with Crippen LogP contribution in [0.25, 0.3) is 5.82 Å². The van der Waals surface area contributed by atoms with Crippen molar-refractivity contribution in [2.45, 2.75) is 19.6 Å². The summed E-state index contributed by atoms with van der Waals surface area (Å²) in [7, 11) is 0. The fourth-order valence-electron chi connectivity index (χ4n) is 3.32. The highest BCUT2D eigenvalue weighted by Crippen LogP contribution is 2.26. The number of aromatic nitrogens is 7. The molecule has 0 aliphatic rings. The molecule has 0 spiro atoms. The van der Waals surface area contributed by atoms with Crippen molar-refractivity contribution in [1.82, 2.24) is 35.0 Å². The Kier molecular flexibility index (Phi) is 6.72. The summed E-state index contributed by atoms with van der Waals surface area (Å²) >= 11 is 3.33. The highest BCUT2D eigenvalue weighted by atomic mass is 79.9. The molecule has 4 rings (SSSR count). The second-order valence-electron chi connectivity index (χ2n) is 7.53. The van der Waals surface area contributed by atoms with Gasteiger partial charge in [-0.15, -0.1) is 10.2 Å². The summed E-state index contributed by atoms with van der Waals surface area (Å²) in [5.41, 5.74) is 6.06. The SMILES string of the molecule is Cc1cc(C#N)cc(C(N)=O)c1NC(=O)c1cc(Cn2nnc(C(F)(F)F)n2)nn1-c1ncccc1Br. The van der Waals surface area contributed by atoms with Gasteiger partial charge < -0.3 is 11.1 Å². The Hall–Kier alpha value is -4.65. The number of tetrazole rings is 1. The van der Waals surface area contributed by atoms with Crippen LogP contribution in [0.1, 0.15) is 43.5 Å². The van der Waals surface area contributed by atoms with E-state index < -0.39 is 23.8 Å². The molecule has 3 heterocycles. The van der Waals surface area contributed by atoms with Gasteiger partial charge >= 0.3 is 6.18 Å². The summed E-state index contributed by atoms with van der Waals surface area (Å²) in [6, 6.07) is 9.21. The van der Waals surface area contributed by atoms with Crippen LogP contribution in [-0.4, -0.2) is 46.8 Å². The number of nitrogens with zero attached hydrogens (tertiary/aromatic N) is 8. The first-order valence-electron chi connectivity index (χ1n) is 10.2. The van der Waals surface area contributed by atoms with Gasteiger partial charge in [-0.2, -0.15) is 28.3 Å². The van der Waals surface area contributed by atoms with E-state index in [1.807, 2.05) is 6.07 Å². The van der Waals surface area contributed by atoms with Crippen LogP contribution < -0.4 is 11.1 Å². The van der Waals surface area contributed by atoms with E-state index in [2.05, 4.69) is 46.7 Å². The van der Waals surface area contributed by atoms with Crippen LogP contribution in [0.4, 0.5) is 18.9 Å². The summed E-state index contributed by atoms with van der Waals surface area (Å²) < 4.78 is 40.2. The largest absolute Gasteiger partial charge is 0.455 e. The number of benzene rings is 1. The maximum atomic E-state index is 13.4. The van der Waals surface area contributed by atoms with Crippen molar-refractivity contribution >= 4 is 33.4 Å². The van der Waals surface area contributed by atoms with E-state index >= 15 is 0 Å². The van der Waals surface area contributed by atoms with Gasteiger partial charge in [0.15, 0.2) is 5.82 Å². The summed E-state index contributed by atoms with van der Waals surface area (Å²) in [5, 5.41) is 25.7. The van der Waals surface area contributed by atoms with Gasteiger partial charge in [-0.1, -0.05) is 0 Å². The minimum Gasteiger partial charge on any atom is -0.366 e. The zero-order chi connectivity index (χ0) is 26.9. The highest BCUT2D eigenvalue weighted by Gasteiger charge is 2.37. The molecule has 0 bridgehead atoms. The van der Waals surface area contributed by atoms with E-state index in [4.69, 9.17) is 5.73 Å². The topological polar surface area (TPSA) is 170 Å². The normalized spacial score (nSPS) is 11.2. The lowest BCUT2D eigenvalue weighted by Gasteiger charge is -2.13. The minimum atomic E-state index is -4.78. The molecule has 1 aromatic carbocycles. The number of amides is 2. The third-order valence-corrected chi connectivity index (χ3v) is 5.53. The predicted octanol–water partition coefficient (Wildman–Crippen LogP) is 2.61. The van der Waals surface area contributed by atoms with Crippen molar-refractivity contribution in [3.8, 4) is 11.9 Å². The van der Waals surface area contributed by atoms with Crippen LogP contribution in [0, 0.1) is 18.3 Å². The number of nitriles is 1. The Morgan fingerprint density at radius 2 is 2.00 bits per heavy atom. The Morgan fingerprint density at radius 1 is 1.24 bits per heavy atom. The number of carbonyl (C=O) groups is 2. The number of aryl methyl sites for hydroxylation is 1. The summed E-state index contributed by atoms with van der Waals surface area (Å²) in [5.74, 6) is -2.83. The third kappa shape index (κ3) is 5.30. The van der Waals surface area contributed by atoms with Crippen LogP contribution >= 0.6 is 15.9 Å². The third-order valence-electron chi connectivity index (χ3n) is 4.91. The van der Waals surface area contributed by atoms with Gasteiger partial charge in [0.05, 0.1) is 33.1 Å². The lowest BCUT2D eigenvalue weighted by Crippen LogP contribution is -2.22. The van der Waals surface area contributed by atoms with Gasteiger partial charge in [0, 0.05) is 6.20 Å². The highest BCUT2D eigenvalue weighted by molar-refractivity contribution is 9.10. The van der Waals surface area contributed by atoms with Crippen molar-refractivity contribution in [1.29, 1.82) is 5.26 Å². The standard InChI is InChI=1S/C21H14BrF3N10O2/c1-10-5-11(8-26)6-13(17(27)36)16(10)29-19(37)15-7-12(9-34-32-20(30-33-34)21(23,24)25)31-35(15)18-14(22)3-2-4-28-18/h2-7H,9H2,1H3,(H2,27,36)(H,29,37). The molecule has 37 heavy (non-hydrogen) atoms. The van der Waals surface area contributed by atoms with E-state index in [9.17, 15) is 28.0 Å². The summed E-state index contributed by atoms with van der Waals surface area (Å²) in [6.07, 6.45) is -3.33. The Labute approximate surface area is 214 Å². The molecule has 0 atom stereocenters. The summed E-state index contributed by atoms with van der Waals surface area (Å²) in [6.45, 7) is 1.23. The number of nitrogens with two attached hydrogens (primary N) is 1. The lowest BCUT2D eigenvalue weighted by molar-refractivity contribution is -0.145. The van der Waals surface area contributed by atoms with E-state index in [0.717, 1.165) is 0 Å². The van der Waals surface area contributed by atoms with Gasteiger partial charge in [-0.3, -0.25) is 9.59 Å². The number of rotatable bonds is 6. The molecule has 0 radical (unpaired) electrons. The quantitative estimate of drug-likeness (QED) is 0.353. The van der Waals surface area contributed by atoms with Crippen LogP contribution in [0.5, 0.6) is 0 Å². The van der Waals surface area contributed by atoms with Gasteiger partial charge in [0.25, 0.3) is 17.6 Å². The molecule has 3 N–H and O–H groups in total. The number of carbonyl (C=O) groups excluding carboxylic acids is 2. The number of halogens is 4. The molecule has 12 nitrogen and oxygen atoms in total. The maximum absolute atomic E-state index is 13.4. The van der Waals surface area contributed by atoms with Crippen LogP contribution in [0.2, 0.25) is 0 Å². The Balaban J connectivity index is 1.76. The number of alkyl halides is 3. The second kappa shape index (κ2) is 9.78. The van der Waals surface area contributed by atoms with Crippen molar-refractivity contribution in [3.63, 3.8) is 0 Å². The van der Waals surface area contributed by atoms with E-state index in [-0.39, 0.29) is 40.6 Å². The molecule has 4 aromatic rings. The van der Waals surface area contributed by atoms with Gasteiger partial charge in [-0.25, -0.2) is 9.67 Å². The molecular formula is C21H14BrF3N10O2. The molecule has 0 saturated heterocycles. The smallest absolute Gasteiger partial charge is 0.366 e. The first-order chi connectivity index (χ1) is 17.5. The Morgan fingerprint density at radius 3 is 2.62 bits per heavy atom. The van der Waals surface area contributed by atoms with Gasteiger partial charge in [-0.05, 0) is 64.0 Å². The Bertz CT molecular complexity index is 1570. The molecule has 188 valence electrons. The maximum Gasteiger partial charge on any atom is 0.455 e.